The molecule has 1 amide bonds. The van der Waals surface area contributed by atoms with E-state index in [0.29, 0.717) is 16.7 Å². The molecule has 2 aromatic rings. The second-order valence-electron chi connectivity index (χ2n) is 6.98. The topological polar surface area (TPSA) is 121 Å². The van der Waals surface area contributed by atoms with E-state index in [0.717, 1.165) is 4.57 Å². The Labute approximate surface area is 166 Å². The number of nitrogens with one attached hydrogen (secondary N) is 2. The van der Waals surface area contributed by atoms with Crippen molar-refractivity contribution in [3.8, 4) is 0 Å². The van der Waals surface area contributed by atoms with Gasteiger partial charge in [0.2, 0.25) is 5.91 Å². The summed E-state index contributed by atoms with van der Waals surface area (Å²) in [5, 5.41) is 12.2. The Hall–Kier alpha value is -2.55. The molecule has 0 radical (unpaired) electrons. The smallest absolute Gasteiger partial charge is 0.329 e. The molecular weight excluding hydrogens is 382 g/mol. The van der Waals surface area contributed by atoms with Gasteiger partial charge in [-0.3, -0.25) is 9.59 Å². The molecule has 0 spiro atoms. The number of aromatic amines is 1. The molecule has 1 aromatic carbocycles. The summed E-state index contributed by atoms with van der Waals surface area (Å²) < 4.78 is 0.894. The van der Waals surface area contributed by atoms with Crippen molar-refractivity contribution in [3.63, 3.8) is 0 Å². The number of aromatic nitrogens is 2. The van der Waals surface area contributed by atoms with Crippen LogP contribution in [0.2, 0.25) is 0 Å². The molecule has 0 bridgehead atoms. The third-order valence-electron chi connectivity index (χ3n) is 4.37. The highest BCUT2D eigenvalue weighted by Gasteiger charge is 2.29. The van der Waals surface area contributed by atoms with Crippen LogP contribution < -0.4 is 16.6 Å². The zero-order valence-corrected chi connectivity index (χ0v) is 16.9. The molecule has 0 unspecified atom stereocenters. The average Bonchev–Trinajstić information content (AvgIpc) is 2.63. The fourth-order valence-corrected chi connectivity index (χ4v) is 3.47. The lowest BCUT2D eigenvalue weighted by Gasteiger charge is -2.23. The van der Waals surface area contributed by atoms with Crippen molar-refractivity contribution >= 4 is 34.5 Å². The minimum atomic E-state index is -1.15. The predicted octanol–water partition coefficient (Wildman–Crippen LogP) is 1.60. The van der Waals surface area contributed by atoms with E-state index in [1.165, 1.54) is 11.8 Å². The van der Waals surface area contributed by atoms with E-state index in [-0.39, 0.29) is 18.8 Å². The van der Waals surface area contributed by atoms with Gasteiger partial charge in [-0.25, -0.2) is 14.2 Å². The zero-order valence-electron chi connectivity index (χ0n) is 16.1. The quantitative estimate of drug-likeness (QED) is 0.580. The Bertz CT molecular complexity index is 966. The number of hydrogen-bond acceptors (Lipinski definition) is 5. The van der Waals surface area contributed by atoms with E-state index in [1.807, 2.05) is 20.1 Å². The SMILES string of the molecule is CSCC[C@H](NC(=O)[C@H](CC(C)C)n1c(=O)[nH]c2ccccc2c1=O)C(=O)O. The lowest BCUT2D eigenvalue weighted by atomic mass is 10.0. The van der Waals surface area contributed by atoms with Gasteiger partial charge in [-0.2, -0.15) is 11.8 Å². The first-order valence-electron chi connectivity index (χ1n) is 9.02. The number of H-pyrrole nitrogens is 1. The molecule has 28 heavy (non-hydrogen) atoms. The fraction of sp³-hybridized carbons (Fsp3) is 0.474. The van der Waals surface area contributed by atoms with E-state index < -0.39 is 35.2 Å². The minimum absolute atomic E-state index is 0.00277. The van der Waals surface area contributed by atoms with Gasteiger partial charge in [-0.15, -0.1) is 0 Å². The molecule has 2 rings (SSSR count). The normalized spacial score (nSPS) is 13.4. The molecule has 9 heteroatoms. The van der Waals surface area contributed by atoms with Gasteiger partial charge in [-0.05, 0) is 42.9 Å². The number of hydrogen-bond donors (Lipinski definition) is 3. The van der Waals surface area contributed by atoms with Crippen molar-refractivity contribution in [2.45, 2.75) is 38.8 Å². The molecule has 1 heterocycles. The number of carbonyl (C=O) groups excluding carboxylic acids is 1. The highest BCUT2D eigenvalue weighted by molar-refractivity contribution is 7.98. The van der Waals surface area contributed by atoms with Crippen molar-refractivity contribution < 1.29 is 14.7 Å². The van der Waals surface area contributed by atoms with Crippen molar-refractivity contribution in [1.82, 2.24) is 14.9 Å². The molecule has 0 aliphatic carbocycles. The minimum Gasteiger partial charge on any atom is -0.480 e. The number of amides is 1. The molecule has 0 saturated heterocycles. The molecule has 0 fully saturated rings. The predicted molar refractivity (Wildman–Crippen MR) is 110 cm³/mol. The lowest BCUT2D eigenvalue weighted by molar-refractivity contribution is -0.142. The molecule has 1 aromatic heterocycles. The maximum Gasteiger partial charge on any atom is 0.329 e. The number of para-hydroxylation sites is 1. The highest BCUT2D eigenvalue weighted by atomic mass is 32.2. The van der Waals surface area contributed by atoms with Crippen LogP contribution in [0.4, 0.5) is 0 Å². The second kappa shape index (κ2) is 9.59. The summed E-state index contributed by atoms with van der Waals surface area (Å²) in [6.45, 7) is 3.73. The molecule has 152 valence electrons. The highest BCUT2D eigenvalue weighted by Crippen LogP contribution is 2.17. The number of fused-ring (bicyclic) bond motifs is 1. The van der Waals surface area contributed by atoms with E-state index >= 15 is 0 Å². The van der Waals surface area contributed by atoms with E-state index in [2.05, 4.69) is 10.3 Å². The van der Waals surface area contributed by atoms with Gasteiger partial charge in [0.15, 0.2) is 0 Å². The Morgan fingerprint density at radius 1 is 1.25 bits per heavy atom. The van der Waals surface area contributed by atoms with Gasteiger partial charge >= 0.3 is 11.7 Å². The van der Waals surface area contributed by atoms with Crippen LogP contribution in [-0.2, 0) is 9.59 Å². The average molecular weight is 407 g/mol. The maximum atomic E-state index is 12.9. The van der Waals surface area contributed by atoms with Crippen LogP contribution in [0.15, 0.2) is 33.9 Å². The third kappa shape index (κ3) is 5.03. The van der Waals surface area contributed by atoms with Gasteiger partial charge in [0.05, 0.1) is 10.9 Å². The first-order valence-corrected chi connectivity index (χ1v) is 10.4. The summed E-state index contributed by atoms with van der Waals surface area (Å²) in [5.41, 5.74) is -0.877. The monoisotopic (exact) mass is 407 g/mol. The number of carboxylic acid groups (broad SMARTS) is 1. The molecule has 3 N–H and O–H groups in total. The van der Waals surface area contributed by atoms with Gasteiger partial charge in [0.25, 0.3) is 5.56 Å². The largest absolute Gasteiger partial charge is 0.480 e. The van der Waals surface area contributed by atoms with Crippen molar-refractivity contribution in [3.05, 3.63) is 45.1 Å². The molecule has 2 atom stereocenters. The first kappa shape index (κ1) is 21.7. The van der Waals surface area contributed by atoms with Crippen molar-refractivity contribution in [2.75, 3.05) is 12.0 Å². The van der Waals surface area contributed by atoms with Crippen molar-refractivity contribution in [2.24, 2.45) is 5.92 Å². The Balaban J connectivity index is 2.48. The summed E-state index contributed by atoms with van der Waals surface area (Å²) in [5.74, 6) is -1.23. The number of carboxylic acids is 1. The van der Waals surface area contributed by atoms with Crippen LogP contribution in [0.5, 0.6) is 0 Å². The third-order valence-corrected chi connectivity index (χ3v) is 5.01. The zero-order chi connectivity index (χ0) is 20.8. The Morgan fingerprint density at radius 3 is 2.54 bits per heavy atom. The molecule has 0 saturated carbocycles. The summed E-state index contributed by atoms with van der Waals surface area (Å²) in [6.07, 6.45) is 2.32. The maximum absolute atomic E-state index is 12.9. The van der Waals surface area contributed by atoms with Crippen LogP contribution in [-0.4, -0.2) is 44.6 Å². The molecule has 8 nitrogen and oxygen atoms in total. The lowest BCUT2D eigenvalue weighted by Crippen LogP contribution is -2.49. The summed E-state index contributed by atoms with van der Waals surface area (Å²) in [4.78, 5) is 52.5. The van der Waals surface area contributed by atoms with Gasteiger partial charge in [0.1, 0.15) is 12.1 Å². The second-order valence-corrected chi connectivity index (χ2v) is 7.96. The van der Waals surface area contributed by atoms with Crippen molar-refractivity contribution in [1.29, 1.82) is 0 Å². The van der Waals surface area contributed by atoms with Crippen LogP contribution in [0.25, 0.3) is 10.9 Å². The number of aliphatic carboxylic acids is 1. The molecular formula is C19H25N3O5S. The number of nitrogens with zero attached hydrogens (tertiary/aromatic N) is 1. The molecule has 0 aliphatic heterocycles. The number of benzene rings is 1. The Morgan fingerprint density at radius 2 is 1.93 bits per heavy atom. The van der Waals surface area contributed by atoms with Crippen LogP contribution in [0.3, 0.4) is 0 Å². The Kier molecular flexibility index (Phi) is 7.45. The summed E-state index contributed by atoms with van der Waals surface area (Å²) in [6, 6.07) is 4.38. The first-order chi connectivity index (χ1) is 13.3. The standard InChI is InChI=1S/C19H25N3O5S/c1-11(2)10-15(16(23)20-14(18(25)26)8-9-28-3)22-17(24)12-6-4-5-7-13(12)21-19(22)27/h4-7,11,14-15H,8-10H2,1-3H3,(H,20,23)(H,21,27)(H,25,26)/t14-,15-/m0/s1. The number of rotatable bonds is 9. The van der Waals surface area contributed by atoms with E-state index in [9.17, 15) is 24.3 Å². The summed E-state index contributed by atoms with van der Waals surface area (Å²) in [7, 11) is 0. The van der Waals surface area contributed by atoms with E-state index in [1.54, 1.807) is 24.3 Å². The molecule has 0 aliphatic rings. The van der Waals surface area contributed by atoms with E-state index in [4.69, 9.17) is 0 Å². The number of carbonyl (C=O) groups is 2. The van der Waals surface area contributed by atoms with Crippen LogP contribution >= 0.6 is 11.8 Å². The summed E-state index contributed by atoms with van der Waals surface area (Å²) >= 11 is 1.47. The van der Waals surface area contributed by atoms with Gasteiger partial charge in [-0.1, -0.05) is 26.0 Å². The van der Waals surface area contributed by atoms with Crippen LogP contribution in [0, 0.1) is 5.92 Å². The van der Waals surface area contributed by atoms with Gasteiger partial charge in [0, 0.05) is 0 Å². The fourth-order valence-electron chi connectivity index (χ4n) is 3.00. The number of thioether (sulfide) groups is 1. The van der Waals surface area contributed by atoms with Gasteiger partial charge < -0.3 is 15.4 Å². The van der Waals surface area contributed by atoms with Crippen LogP contribution in [0.1, 0.15) is 32.7 Å².